The van der Waals surface area contributed by atoms with Crippen molar-refractivity contribution in [2.45, 2.75) is 40.7 Å². The predicted octanol–water partition coefficient (Wildman–Crippen LogP) is 2.49. The van der Waals surface area contributed by atoms with E-state index in [-0.39, 0.29) is 0 Å². The highest BCUT2D eigenvalue weighted by molar-refractivity contribution is 4.99. The topological polar surface area (TPSA) is 17.8 Å². The summed E-state index contributed by atoms with van der Waals surface area (Å²) in [6.07, 6.45) is 2.93. The number of nitrogens with zero attached hydrogens (tertiary/aromatic N) is 2. The Kier molecular flexibility index (Phi) is 5.53. The number of hydrogen-bond acceptors (Lipinski definition) is 1. The smallest absolute Gasteiger partial charge is 0.0492 e. The maximum atomic E-state index is 4.12. The first-order chi connectivity index (χ1) is 5.38. The second-order valence-corrected chi connectivity index (χ2v) is 1.99. The highest BCUT2D eigenvalue weighted by Crippen LogP contribution is 1.97. The number of aromatic nitrogens is 2. The van der Waals surface area contributed by atoms with E-state index in [1.54, 1.807) is 0 Å². The molecule has 2 heteroatoms. The quantitative estimate of drug-likeness (QED) is 0.640. The first-order valence-corrected chi connectivity index (χ1v) is 4.39. The third kappa shape index (κ3) is 2.74. The molecule has 0 radical (unpaired) electrons. The molecule has 0 aliphatic carbocycles. The normalized spacial score (nSPS) is 8.73. The zero-order valence-corrected chi connectivity index (χ0v) is 7.96. The summed E-state index contributed by atoms with van der Waals surface area (Å²) < 4.78 is 2.01. The fraction of sp³-hybridized carbons (Fsp3) is 0.667. The van der Waals surface area contributed by atoms with Gasteiger partial charge in [-0.1, -0.05) is 20.8 Å². The van der Waals surface area contributed by atoms with E-state index in [4.69, 9.17) is 0 Å². The Morgan fingerprint density at radius 2 is 2.00 bits per heavy atom. The summed E-state index contributed by atoms with van der Waals surface area (Å²) in [4.78, 5) is 0. The Morgan fingerprint density at radius 3 is 2.36 bits per heavy atom. The summed E-state index contributed by atoms with van der Waals surface area (Å²) in [6, 6.07) is 2.06. The van der Waals surface area contributed by atoms with Crippen molar-refractivity contribution in [2.24, 2.45) is 0 Å². The van der Waals surface area contributed by atoms with Gasteiger partial charge in [0.1, 0.15) is 0 Å². The van der Waals surface area contributed by atoms with Crippen molar-refractivity contribution in [3.05, 3.63) is 18.0 Å². The molecule has 0 saturated heterocycles. The summed E-state index contributed by atoms with van der Waals surface area (Å²) >= 11 is 0. The zero-order chi connectivity index (χ0) is 8.69. The van der Waals surface area contributed by atoms with E-state index in [1.165, 1.54) is 5.69 Å². The molecule has 0 spiro atoms. The molecule has 1 heterocycles. The second-order valence-electron chi connectivity index (χ2n) is 1.99. The minimum Gasteiger partial charge on any atom is -0.270 e. The first kappa shape index (κ1) is 10.2. The molecular formula is C9H18N2. The van der Waals surface area contributed by atoms with Crippen LogP contribution in [0.3, 0.4) is 0 Å². The van der Waals surface area contributed by atoms with Gasteiger partial charge in [-0.25, -0.2) is 0 Å². The van der Waals surface area contributed by atoms with E-state index in [1.807, 2.05) is 24.7 Å². The zero-order valence-electron chi connectivity index (χ0n) is 7.96. The predicted molar refractivity (Wildman–Crippen MR) is 48.6 cm³/mol. The fourth-order valence-electron chi connectivity index (χ4n) is 0.945. The molecule has 1 aromatic rings. The van der Waals surface area contributed by atoms with Crippen LogP contribution in [-0.2, 0) is 13.0 Å². The van der Waals surface area contributed by atoms with Gasteiger partial charge in [-0.2, -0.15) is 5.10 Å². The molecule has 0 aliphatic rings. The number of hydrogen-bond donors (Lipinski definition) is 0. The lowest BCUT2D eigenvalue weighted by molar-refractivity contribution is 0.626. The van der Waals surface area contributed by atoms with Crippen molar-refractivity contribution in [2.75, 3.05) is 0 Å². The van der Waals surface area contributed by atoms with Crippen LogP contribution in [0.1, 0.15) is 33.4 Å². The Hall–Kier alpha value is -0.790. The van der Waals surface area contributed by atoms with Gasteiger partial charge < -0.3 is 0 Å². The lowest BCUT2D eigenvalue weighted by atomic mass is 10.3. The standard InChI is InChI=1S/C7H12N2.C2H6/c1-3-7-5-6-8-9(7)4-2;1-2/h5-6H,3-4H2,1-2H3;1-2H3. The molecule has 0 unspecified atom stereocenters. The summed E-state index contributed by atoms with van der Waals surface area (Å²) in [5.74, 6) is 0. The minimum atomic E-state index is 0.982. The van der Waals surface area contributed by atoms with Crippen molar-refractivity contribution in [1.82, 2.24) is 9.78 Å². The molecule has 0 atom stereocenters. The molecule has 0 N–H and O–H groups in total. The third-order valence-electron chi connectivity index (χ3n) is 1.47. The monoisotopic (exact) mass is 154 g/mol. The molecule has 1 rings (SSSR count). The molecule has 0 fully saturated rings. The van der Waals surface area contributed by atoms with Gasteiger partial charge in [0.15, 0.2) is 0 Å². The Labute approximate surface area is 69.2 Å². The summed E-state index contributed by atoms with van der Waals surface area (Å²) in [6.45, 7) is 9.23. The van der Waals surface area contributed by atoms with E-state index in [0.717, 1.165) is 13.0 Å². The second kappa shape index (κ2) is 5.96. The van der Waals surface area contributed by atoms with Crippen LogP contribution in [0.4, 0.5) is 0 Å². The van der Waals surface area contributed by atoms with Crippen molar-refractivity contribution in [3.8, 4) is 0 Å². The van der Waals surface area contributed by atoms with Gasteiger partial charge in [0.25, 0.3) is 0 Å². The number of rotatable bonds is 2. The van der Waals surface area contributed by atoms with E-state index in [9.17, 15) is 0 Å². The summed E-state index contributed by atoms with van der Waals surface area (Å²) in [7, 11) is 0. The highest BCUT2D eigenvalue weighted by Gasteiger charge is 1.93. The van der Waals surface area contributed by atoms with Crippen LogP contribution in [0, 0.1) is 0 Å². The maximum Gasteiger partial charge on any atom is 0.0492 e. The van der Waals surface area contributed by atoms with Gasteiger partial charge in [0.2, 0.25) is 0 Å². The molecule has 0 saturated carbocycles. The van der Waals surface area contributed by atoms with Gasteiger partial charge in [-0.3, -0.25) is 4.68 Å². The van der Waals surface area contributed by atoms with Crippen LogP contribution in [0.5, 0.6) is 0 Å². The molecule has 64 valence electrons. The van der Waals surface area contributed by atoms with Gasteiger partial charge in [0.05, 0.1) is 0 Å². The molecule has 0 aromatic carbocycles. The van der Waals surface area contributed by atoms with Crippen molar-refractivity contribution < 1.29 is 0 Å². The van der Waals surface area contributed by atoms with E-state index in [0.29, 0.717) is 0 Å². The van der Waals surface area contributed by atoms with Crippen LogP contribution >= 0.6 is 0 Å². The third-order valence-corrected chi connectivity index (χ3v) is 1.47. The SMILES string of the molecule is CC.CCc1ccnn1CC. The Balaban J connectivity index is 0.000000461. The lowest BCUT2D eigenvalue weighted by Crippen LogP contribution is -2.00. The van der Waals surface area contributed by atoms with Crippen molar-refractivity contribution in [3.63, 3.8) is 0 Å². The van der Waals surface area contributed by atoms with E-state index < -0.39 is 0 Å². The van der Waals surface area contributed by atoms with E-state index >= 15 is 0 Å². The van der Waals surface area contributed by atoms with Crippen molar-refractivity contribution >= 4 is 0 Å². The lowest BCUT2D eigenvalue weighted by Gasteiger charge is -1.98. The van der Waals surface area contributed by atoms with E-state index in [2.05, 4.69) is 25.0 Å². The van der Waals surface area contributed by atoms with Crippen LogP contribution < -0.4 is 0 Å². The summed E-state index contributed by atoms with van der Waals surface area (Å²) in [5, 5.41) is 4.12. The largest absolute Gasteiger partial charge is 0.270 e. The van der Waals surface area contributed by atoms with Crippen LogP contribution in [0.2, 0.25) is 0 Å². The maximum absolute atomic E-state index is 4.12. The molecule has 1 aromatic heterocycles. The average molecular weight is 154 g/mol. The van der Waals surface area contributed by atoms with Gasteiger partial charge in [-0.15, -0.1) is 0 Å². The van der Waals surface area contributed by atoms with Gasteiger partial charge in [-0.05, 0) is 19.4 Å². The fourth-order valence-corrected chi connectivity index (χ4v) is 0.945. The van der Waals surface area contributed by atoms with Gasteiger partial charge in [0, 0.05) is 18.4 Å². The molecule has 2 nitrogen and oxygen atoms in total. The highest BCUT2D eigenvalue weighted by atomic mass is 15.3. The molecule has 0 bridgehead atoms. The Morgan fingerprint density at radius 1 is 1.36 bits per heavy atom. The Bertz CT molecular complexity index is 161. The van der Waals surface area contributed by atoms with Crippen LogP contribution in [0.15, 0.2) is 12.3 Å². The van der Waals surface area contributed by atoms with Crippen LogP contribution in [0.25, 0.3) is 0 Å². The minimum absolute atomic E-state index is 0.982. The molecule has 11 heavy (non-hydrogen) atoms. The average Bonchev–Trinajstić information content (AvgIpc) is 2.54. The molecule has 0 amide bonds. The first-order valence-electron chi connectivity index (χ1n) is 4.39. The summed E-state index contributed by atoms with van der Waals surface area (Å²) in [5.41, 5.74) is 1.32. The van der Waals surface area contributed by atoms with Gasteiger partial charge >= 0.3 is 0 Å². The number of aryl methyl sites for hydroxylation is 2. The van der Waals surface area contributed by atoms with Crippen molar-refractivity contribution in [1.29, 1.82) is 0 Å². The molecule has 0 aliphatic heterocycles. The molecular weight excluding hydrogens is 136 g/mol. The van der Waals surface area contributed by atoms with Crippen LogP contribution in [-0.4, -0.2) is 9.78 Å².